The number of hydrogen-bond donors (Lipinski definition) is 2. The van der Waals surface area contributed by atoms with Crippen molar-refractivity contribution in [3.63, 3.8) is 0 Å². The third kappa shape index (κ3) is 4.44. The first-order valence-corrected chi connectivity index (χ1v) is 13.2. The van der Waals surface area contributed by atoms with Gasteiger partial charge in [-0.15, -0.1) is 0 Å². The summed E-state index contributed by atoms with van der Waals surface area (Å²) in [6, 6.07) is 8.81. The average molecular weight is 540 g/mol. The van der Waals surface area contributed by atoms with Gasteiger partial charge in [-0.2, -0.15) is 15.3 Å². The molecule has 12 heteroatoms. The fourth-order valence-electron chi connectivity index (χ4n) is 5.65. The number of aromatic nitrogens is 5. The Balaban J connectivity index is 1.42. The van der Waals surface area contributed by atoms with Gasteiger partial charge in [-0.1, -0.05) is 0 Å². The van der Waals surface area contributed by atoms with Crippen LogP contribution in [0, 0.1) is 11.3 Å². The zero-order valence-electron chi connectivity index (χ0n) is 22.5. The molecular weight excluding hydrogens is 510 g/mol. The molecule has 0 unspecified atom stereocenters. The molecule has 4 heterocycles. The van der Waals surface area contributed by atoms with Crippen LogP contribution in [0.5, 0.6) is 5.75 Å². The van der Waals surface area contributed by atoms with E-state index in [1.165, 1.54) is 7.11 Å². The van der Waals surface area contributed by atoms with E-state index in [2.05, 4.69) is 36.5 Å². The van der Waals surface area contributed by atoms with Gasteiger partial charge < -0.3 is 19.7 Å². The first-order valence-electron chi connectivity index (χ1n) is 13.2. The monoisotopic (exact) mass is 539 g/mol. The van der Waals surface area contributed by atoms with Crippen LogP contribution in [0.1, 0.15) is 38.2 Å². The van der Waals surface area contributed by atoms with Crippen molar-refractivity contribution in [1.82, 2.24) is 25.1 Å². The second-order valence-electron chi connectivity index (χ2n) is 9.98. The van der Waals surface area contributed by atoms with Crippen molar-refractivity contribution in [3.8, 4) is 11.8 Å². The number of benzene rings is 1. The highest BCUT2D eigenvalue weighted by Gasteiger charge is 2.42. The Hall–Kier alpha value is -4.76. The minimum atomic E-state index is -0.490. The molecule has 1 aliphatic carbocycles. The largest absolute Gasteiger partial charge is 0.495 e. The van der Waals surface area contributed by atoms with E-state index in [1.807, 2.05) is 13.0 Å². The Morgan fingerprint density at radius 2 is 1.93 bits per heavy atom. The number of H-pyrrole nitrogens is 1. The number of nitriles is 1. The van der Waals surface area contributed by atoms with Crippen molar-refractivity contribution in [2.45, 2.75) is 50.8 Å². The van der Waals surface area contributed by atoms with Gasteiger partial charge in [-0.3, -0.25) is 14.8 Å². The molecule has 1 fully saturated rings. The van der Waals surface area contributed by atoms with Gasteiger partial charge in [0.1, 0.15) is 23.5 Å². The van der Waals surface area contributed by atoms with Gasteiger partial charge in [-0.25, -0.2) is 9.97 Å². The molecule has 1 aliphatic heterocycles. The minimum Gasteiger partial charge on any atom is -0.495 e. The van der Waals surface area contributed by atoms with Crippen LogP contribution in [-0.2, 0) is 9.53 Å². The van der Waals surface area contributed by atoms with Crippen LogP contribution in [0.15, 0.2) is 42.9 Å². The summed E-state index contributed by atoms with van der Waals surface area (Å²) in [5.74, 6) is 1.36. The van der Waals surface area contributed by atoms with Crippen LogP contribution >= 0.6 is 0 Å². The third-order valence-electron chi connectivity index (χ3n) is 7.71. The van der Waals surface area contributed by atoms with E-state index in [9.17, 15) is 10.1 Å². The van der Waals surface area contributed by atoms with E-state index in [-0.39, 0.29) is 18.1 Å². The SMILES string of the molecule is COc1ccc(N2C(=O)[C@@H](C)N([C@H]3CC[C@H](OC)CC3)c3nc(Nc4cnc5[nH]ncc5c4)ncc32)cc1C#N. The molecule has 12 nitrogen and oxygen atoms in total. The number of hydrogen-bond acceptors (Lipinski definition) is 10. The number of nitrogens with one attached hydrogen (secondary N) is 2. The molecule has 6 rings (SSSR count). The summed E-state index contributed by atoms with van der Waals surface area (Å²) < 4.78 is 10.9. The molecule has 1 amide bonds. The van der Waals surface area contributed by atoms with E-state index >= 15 is 0 Å². The van der Waals surface area contributed by atoms with Crippen LogP contribution < -0.4 is 19.9 Å². The van der Waals surface area contributed by atoms with Crippen molar-refractivity contribution in [1.29, 1.82) is 5.26 Å². The molecule has 204 valence electrons. The summed E-state index contributed by atoms with van der Waals surface area (Å²) in [4.78, 5) is 31.6. The van der Waals surface area contributed by atoms with Gasteiger partial charge in [0.2, 0.25) is 5.95 Å². The lowest BCUT2D eigenvalue weighted by molar-refractivity contribution is -0.119. The van der Waals surface area contributed by atoms with Crippen LogP contribution in [0.4, 0.5) is 28.8 Å². The van der Waals surface area contributed by atoms with E-state index in [0.717, 1.165) is 31.1 Å². The number of amides is 1. The second-order valence-corrected chi connectivity index (χ2v) is 9.98. The fraction of sp³-hybridized carbons (Fsp3) is 0.357. The fourth-order valence-corrected chi connectivity index (χ4v) is 5.65. The predicted molar refractivity (Wildman–Crippen MR) is 149 cm³/mol. The molecule has 3 aromatic heterocycles. The number of pyridine rings is 1. The number of methoxy groups -OCH3 is 2. The summed E-state index contributed by atoms with van der Waals surface area (Å²) in [6.45, 7) is 1.90. The first-order chi connectivity index (χ1) is 19.5. The molecule has 0 radical (unpaired) electrons. The highest BCUT2D eigenvalue weighted by molar-refractivity contribution is 6.10. The van der Waals surface area contributed by atoms with Crippen molar-refractivity contribution in [2.75, 3.05) is 29.3 Å². The van der Waals surface area contributed by atoms with Crippen LogP contribution in [0.3, 0.4) is 0 Å². The summed E-state index contributed by atoms with van der Waals surface area (Å²) >= 11 is 0. The number of fused-ring (bicyclic) bond motifs is 2. The smallest absolute Gasteiger partial charge is 0.254 e. The van der Waals surface area contributed by atoms with E-state index in [1.54, 1.807) is 48.8 Å². The Morgan fingerprint density at radius 1 is 1.10 bits per heavy atom. The van der Waals surface area contributed by atoms with Gasteiger partial charge in [-0.05, 0) is 56.9 Å². The van der Waals surface area contributed by atoms with Crippen molar-refractivity contribution >= 4 is 45.8 Å². The molecule has 0 spiro atoms. The molecule has 2 aliphatic rings. The van der Waals surface area contributed by atoms with E-state index in [0.29, 0.717) is 45.8 Å². The summed E-state index contributed by atoms with van der Waals surface area (Å²) in [5.41, 5.74) is 2.85. The maximum Gasteiger partial charge on any atom is 0.254 e. The molecule has 1 atom stereocenters. The molecule has 0 saturated heterocycles. The third-order valence-corrected chi connectivity index (χ3v) is 7.71. The number of rotatable bonds is 6. The lowest BCUT2D eigenvalue weighted by Gasteiger charge is -2.46. The maximum absolute atomic E-state index is 13.9. The summed E-state index contributed by atoms with van der Waals surface area (Å²) in [5, 5.41) is 20.7. The number of ether oxygens (including phenoxy) is 2. The van der Waals surface area contributed by atoms with Crippen LogP contribution in [-0.4, -0.2) is 63.5 Å². The van der Waals surface area contributed by atoms with Crippen LogP contribution in [0.2, 0.25) is 0 Å². The molecule has 0 bridgehead atoms. The van der Waals surface area contributed by atoms with Gasteiger partial charge >= 0.3 is 0 Å². The van der Waals surface area contributed by atoms with Gasteiger partial charge in [0, 0.05) is 18.5 Å². The lowest BCUT2D eigenvalue weighted by Crippen LogP contribution is -2.55. The number of anilines is 5. The number of aromatic amines is 1. The van der Waals surface area contributed by atoms with E-state index in [4.69, 9.17) is 14.5 Å². The number of carbonyl (C=O) groups is 1. The van der Waals surface area contributed by atoms with Gasteiger partial charge in [0.25, 0.3) is 5.91 Å². The average Bonchev–Trinajstić information content (AvgIpc) is 3.46. The Morgan fingerprint density at radius 3 is 2.67 bits per heavy atom. The van der Waals surface area contributed by atoms with Crippen molar-refractivity contribution in [2.24, 2.45) is 0 Å². The topological polar surface area (TPSA) is 145 Å². The van der Waals surface area contributed by atoms with Crippen molar-refractivity contribution in [3.05, 3.63) is 48.4 Å². The maximum atomic E-state index is 13.9. The highest BCUT2D eigenvalue weighted by atomic mass is 16.5. The lowest BCUT2D eigenvalue weighted by atomic mass is 9.90. The highest BCUT2D eigenvalue weighted by Crippen LogP contribution is 2.43. The van der Waals surface area contributed by atoms with Crippen molar-refractivity contribution < 1.29 is 14.3 Å². The van der Waals surface area contributed by atoms with Gasteiger partial charge in [0.15, 0.2) is 11.5 Å². The predicted octanol–water partition coefficient (Wildman–Crippen LogP) is 4.20. The zero-order chi connectivity index (χ0) is 27.8. The second kappa shape index (κ2) is 10.4. The molecule has 40 heavy (non-hydrogen) atoms. The molecule has 2 N–H and O–H groups in total. The Labute approximate surface area is 231 Å². The molecule has 1 aromatic carbocycles. The summed E-state index contributed by atoms with van der Waals surface area (Å²) in [6.07, 6.45) is 8.85. The molecule has 1 saturated carbocycles. The van der Waals surface area contributed by atoms with Gasteiger partial charge in [0.05, 0.1) is 48.7 Å². The minimum absolute atomic E-state index is 0.114. The standard InChI is InChI=1S/C28H29N9O3/c1-16-27(38)37(21-6-9-24(40-3)17(11-21)12-29)23-15-31-28(33-19-10-18-13-32-35-25(18)30-14-19)34-26(23)36(16)20-4-7-22(39-2)8-5-20/h6,9-11,13-16,20,22H,4-5,7-8H2,1-3H3,(H,30,32,35)(H,31,33,34)/t16-,20-,22-/m1/s1. The molecule has 4 aromatic rings. The summed E-state index contributed by atoms with van der Waals surface area (Å²) in [7, 11) is 3.26. The Kier molecular flexibility index (Phi) is 6.65. The van der Waals surface area contributed by atoms with Crippen LogP contribution in [0.25, 0.3) is 11.0 Å². The number of nitrogens with zero attached hydrogens (tertiary/aromatic N) is 7. The molecular formula is C28H29N9O3. The Bertz CT molecular complexity index is 1610. The normalized spacial score (nSPS) is 20.8. The quantitative estimate of drug-likeness (QED) is 0.365. The number of carbonyl (C=O) groups excluding carboxylic acids is 1. The van der Waals surface area contributed by atoms with E-state index < -0.39 is 6.04 Å². The zero-order valence-corrected chi connectivity index (χ0v) is 22.5. The first kappa shape index (κ1) is 25.5.